The zero-order chi connectivity index (χ0) is 24.5. The van der Waals surface area contributed by atoms with Gasteiger partial charge in [0, 0.05) is 17.4 Å². The summed E-state index contributed by atoms with van der Waals surface area (Å²) < 4.78 is 25.3. The molecule has 0 amide bonds. The number of methoxy groups -OCH3 is 1. The van der Waals surface area contributed by atoms with Crippen LogP contribution >= 0.6 is 12.2 Å². The summed E-state index contributed by atoms with van der Waals surface area (Å²) in [5.41, 5.74) is 3.06. The monoisotopic (exact) mass is 487 g/mol. The van der Waals surface area contributed by atoms with Crippen molar-refractivity contribution in [3.63, 3.8) is 0 Å². The number of anilines is 1. The van der Waals surface area contributed by atoms with Crippen LogP contribution in [-0.4, -0.2) is 23.2 Å². The third-order valence-corrected chi connectivity index (χ3v) is 6.35. The van der Waals surface area contributed by atoms with Gasteiger partial charge in [-0.25, -0.2) is 9.18 Å². The number of furan rings is 1. The zero-order valence-corrected chi connectivity index (χ0v) is 19.9. The van der Waals surface area contributed by atoms with Crippen molar-refractivity contribution >= 4 is 29.0 Å². The fourth-order valence-electron chi connectivity index (χ4n) is 4.34. The van der Waals surface area contributed by atoms with Crippen molar-refractivity contribution in [1.82, 2.24) is 10.3 Å². The molecule has 1 saturated heterocycles. The molecule has 2 atom stereocenters. The highest BCUT2D eigenvalue weighted by Crippen LogP contribution is 2.43. The van der Waals surface area contributed by atoms with Crippen LogP contribution in [0.25, 0.3) is 11.3 Å². The first-order valence-electron chi connectivity index (χ1n) is 11.0. The molecule has 1 aliphatic rings. The highest BCUT2D eigenvalue weighted by molar-refractivity contribution is 7.80. The van der Waals surface area contributed by atoms with E-state index in [-0.39, 0.29) is 11.9 Å². The molecule has 0 radical (unpaired) electrons. The van der Waals surface area contributed by atoms with Crippen LogP contribution in [0.5, 0.6) is 0 Å². The van der Waals surface area contributed by atoms with Gasteiger partial charge in [-0.2, -0.15) is 0 Å². The molecule has 35 heavy (non-hydrogen) atoms. The summed E-state index contributed by atoms with van der Waals surface area (Å²) in [6.07, 6.45) is 1.72. The van der Waals surface area contributed by atoms with Gasteiger partial charge in [-0.15, -0.1) is 0 Å². The van der Waals surface area contributed by atoms with E-state index in [0.717, 1.165) is 11.4 Å². The van der Waals surface area contributed by atoms with Crippen LogP contribution in [0.4, 0.5) is 10.1 Å². The summed E-state index contributed by atoms with van der Waals surface area (Å²) >= 11 is 5.71. The second-order valence-electron chi connectivity index (χ2n) is 8.17. The van der Waals surface area contributed by atoms with Gasteiger partial charge in [-0.05, 0) is 73.2 Å². The van der Waals surface area contributed by atoms with Crippen molar-refractivity contribution in [2.45, 2.75) is 19.0 Å². The van der Waals surface area contributed by atoms with Gasteiger partial charge in [-0.1, -0.05) is 24.3 Å². The van der Waals surface area contributed by atoms with E-state index in [1.165, 1.54) is 13.2 Å². The quantitative estimate of drug-likeness (QED) is 0.284. The Bertz CT molecular complexity index is 1410. The molecule has 0 bridgehead atoms. The van der Waals surface area contributed by atoms with Crippen LogP contribution in [0.1, 0.15) is 39.5 Å². The molecule has 5 rings (SSSR count). The minimum absolute atomic E-state index is 0.288. The Morgan fingerprint density at radius 3 is 2.66 bits per heavy atom. The van der Waals surface area contributed by atoms with E-state index in [9.17, 15) is 9.18 Å². The van der Waals surface area contributed by atoms with E-state index in [1.807, 2.05) is 47.4 Å². The average molecular weight is 488 g/mol. The lowest BCUT2D eigenvalue weighted by Gasteiger charge is -2.26. The number of aromatic nitrogens is 1. The fourth-order valence-corrected chi connectivity index (χ4v) is 4.69. The lowest BCUT2D eigenvalue weighted by molar-refractivity contribution is 0.0601. The molecular formula is C27H22FN3O3S. The number of rotatable bonds is 5. The number of carbonyl (C=O) groups is 1. The standard InChI is InChI=1S/C27H22FN3O3S/c1-16-15-17(10-11-20(16)28)31-25(24(30-27(31)35)21-9-5-6-14-29-21)23-13-12-22(34-23)18-7-3-4-8-19(18)26(32)33-2/h3-15,24-25H,1-2H3,(H,30,35)/t24-,25-/m1/s1. The third kappa shape index (κ3) is 4.17. The average Bonchev–Trinajstić information content (AvgIpc) is 3.50. The Balaban J connectivity index is 1.62. The number of hydrogen-bond acceptors (Lipinski definition) is 5. The zero-order valence-electron chi connectivity index (χ0n) is 19.1. The van der Waals surface area contributed by atoms with E-state index in [4.69, 9.17) is 21.4 Å². The number of aryl methyl sites for hydroxylation is 1. The highest BCUT2D eigenvalue weighted by Gasteiger charge is 2.42. The first-order chi connectivity index (χ1) is 17.0. The van der Waals surface area contributed by atoms with Crippen LogP contribution in [0.3, 0.4) is 0 Å². The molecule has 8 heteroatoms. The molecule has 0 aliphatic carbocycles. The topological polar surface area (TPSA) is 67.6 Å². The molecule has 1 N–H and O–H groups in total. The van der Waals surface area contributed by atoms with E-state index < -0.39 is 12.0 Å². The lowest BCUT2D eigenvalue weighted by Crippen LogP contribution is -2.29. The molecule has 0 unspecified atom stereocenters. The highest BCUT2D eigenvalue weighted by atomic mass is 32.1. The molecule has 0 spiro atoms. The van der Waals surface area contributed by atoms with Gasteiger partial charge < -0.3 is 19.4 Å². The van der Waals surface area contributed by atoms with Crippen LogP contribution in [-0.2, 0) is 4.74 Å². The second-order valence-corrected chi connectivity index (χ2v) is 8.56. The van der Waals surface area contributed by atoms with Crippen molar-refractivity contribution in [3.8, 4) is 11.3 Å². The molecule has 176 valence electrons. The molecule has 1 fully saturated rings. The Labute approximate surface area is 207 Å². The Morgan fingerprint density at radius 1 is 1.11 bits per heavy atom. The summed E-state index contributed by atoms with van der Waals surface area (Å²) in [5.74, 6) is 0.403. The van der Waals surface area contributed by atoms with Gasteiger partial charge in [0.25, 0.3) is 0 Å². The van der Waals surface area contributed by atoms with Crippen LogP contribution < -0.4 is 10.2 Å². The molecule has 3 heterocycles. The molecule has 4 aromatic rings. The maximum Gasteiger partial charge on any atom is 0.338 e. The van der Waals surface area contributed by atoms with Gasteiger partial charge in [0.1, 0.15) is 23.4 Å². The van der Waals surface area contributed by atoms with Crippen molar-refractivity contribution in [2.75, 3.05) is 12.0 Å². The summed E-state index contributed by atoms with van der Waals surface area (Å²) in [6, 6.07) is 20.6. The van der Waals surface area contributed by atoms with Crippen molar-refractivity contribution < 1.29 is 18.3 Å². The minimum Gasteiger partial charge on any atom is -0.465 e. The van der Waals surface area contributed by atoms with Gasteiger partial charge in [0.15, 0.2) is 5.11 Å². The predicted octanol–water partition coefficient (Wildman–Crippen LogP) is 5.75. The van der Waals surface area contributed by atoms with Crippen LogP contribution in [0, 0.1) is 12.7 Å². The van der Waals surface area contributed by atoms with E-state index in [1.54, 1.807) is 37.4 Å². The summed E-state index contributed by atoms with van der Waals surface area (Å²) in [6.45, 7) is 1.71. The number of ether oxygens (including phenoxy) is 1. The van der Waals surface area contributed by atoms with Crippen molar-refractivity contribution in [2.24, 2.45) is 0 Å². The maximum absolute atomic E-state index is 14.0. The minimum atomic E-state index is -0.447. The first kappa shape index (κ1) is 22.7. The Hall–Kier alpha value is -4.04. The number of esters is 1. The molecule has 0 saturated carbocycles. The second kappa shape index (κ2) is 9.31. The van der Waals surface area contributed by atoms with Gasteiger partial charge in [-0.3, -0.25) is 4.98 Å². The van der Waals surface area contributed by atoms with E-state index in [0.29, 0.717) is 33.3 Å². The summed E-state index contributed by atoms with van der Waals surface area (Å²) in [4.78, 5) is 18.8. The molecule has 1 aliphatic heterocycles. The largest absolute Gasteiger partial charge is 0.465 e. The number of pyridine rings is 1. The molecule has 2 aromatic carbocycles. The van der Waals surface area contributed by atoms with Crippen molar-refractivity contribution in [1.29, 1.82) is 0 Å². The molecule has 6 nitrogen and oxygen atoms in total. The number of carbonyl (C=O) groups excluding carboxylic acids is 1. The Morgan fingerprint density at radius 2 is 1.91 bits per heavy atom. The third-order valence-electron chi connectivity index (χ3n) is 6.03. The van der Waals surface area contributed by atoms with Crippen molar-refractivity contribution in [3.05, 3.63) is 107 Å². The number of hydrogen-bond donors (Lipinski definition) is 1. The SMILES string of the molecule is COC(=O)c1ccccc1-c1ccc([C@@H]2[C@@H](c3ccccn3)NC(=S)N2c2ccc(F)c(C)c2)o1. The fraction of sp³-hybridized carbons (Fsp3) is 0.148. The summed E-state index contributed by atoms with van der Waals surface area (Å²) in [5, 5.41) is 3.83. The van der Waals surface area contributed by atoms with Gasteiger partial charge in [0.2, 0.25) is 0 Å². The molecular weight excluding hydrogens is 465 g/mol. The first-order valence-corrected chi connectivity index (χ1v) is 11.4. The lowest BCUT2D eigenvalue weighted by atomic mass is 10.0. The summed E-state index contributed by atoms with van der Waals surface area (Å²) in [7, 11) is 1.35. The maximum atomic E-state index is 14.0. The molecule has 2 aromatic heterocycles. The number of nitrogens with one attached hydrogen (secondary N) is 1. The van der Waals surface area contributed by atoms with E-state index >= 15 is 0 Å². The smallest absolute Gasteiger partial charge is 0.338 e. The van der Waals surface area contributed by atoms with Crippen LogP contribution in [0.2, 0.25) is 0 Å². The normalized spacial score (nSPS) is 17.3. The van der Waals surface area contributed by atoms with Crippen LogP contribution in [0.15, 0.2) is 83.4 Å². The number of nitrogens with zero attached hydrogens (tertiary/aromatic N) is 2. The van der Waals surface area contributed by atoms with Gasteiger partial charge in [0.05, 0.1) is 24.4 Å². The van der Waals surface area contributed by atoms with E-state index in [2.05, 4.69) is 10.3 Å². The number of halogens is 1. The number of thiocarbonyl (C=S) groups is 1. The van der Waals surface area contributed by atoms with Gasteiger partial charge >= 0.3 is 5.97 Å². The number of benzene rings is 2. The Kier molecular flexibility index (Phi) is 6.05. The predicted molar refractivity (Wildman–Crippen MR) is 135 cm³/mol.